The number of hydrogen-bond acceptors (Lipinski definition) is 3. The molecule has 1 heterocycles. The number of aliphatic hydroxyl groups is 1. The van der Waals surface area contributed by atoms with Crippen LogP contribution in [0.2, 0.25) is 5.02 Å². The standard InChI is InChI=1S/C21H26ClF5N2O2/c1-6-14-16(22)17(29(28-14)11-20(4,5)30)13-8-7-12(9-15(13)31-18(23)24)10-19(2,3)21(25,26)27/h7-9,18,30H,6,10-11H2,1-5H3. The number of rotatable bonds is 8. The van der Waals surface area contributed by atoms with E-state index in [1.807, 2.05) is 6.92 Å². The second-order valence-corrected chi connectivity index (χ2v) is 9.08. The van der Waals surface area contributed by atoms with Crippen LogP contribution in [0.5, 0.6) is 5.75 Å². The van der Waals surface area contributed by atoms with Crippen LogP contribution >= 0.6 is 11.6 Å². The van der Waals surface area contributed by atoms with Crippen molar-refractivity contribution in [1.82, 2.24) is 9.78 Å². The monoisotopic (exact) mass is 468 g/mol. The quantitative estimate of drug-likeness (QED) is 0.464. The van der Waals surface area contributed by atoms with Crippen LogP contribution in [0.4, 0.5) is 22.0 Å². The Morgan fingerprint density at radius 2 is 1.77 bits per heavy atom. The Kier molecular flexibility index (Phi) is 7.32. The number of alkyl halides is 5. The van der Waals surface area contributed by atoms with E-state index in [4.69, 9.17) is 11.6 Å². The molecule has 0 fully saturated rings. The van der Waals surface area contributed by atoms with Crippen molar-refractivity contribution in [3.05, 3.63) is 34.5 Å². The Balaban J connectivity index is 2.63. The highest BCUT2D eigenvalue weighted by atomic mass is 35.5. The summed E-state index contributed by atoms with van der Waals surface area (Å²) in [4.78, 5) is 0. The molecule has 0 aliphatic carbocycles. The lowest BCUT2D eigenvalue weighted by atomic mass is 9.84. The molecule has 0 spiro atoms. The summed E-state index contributed by atoms with van der Waals surface area (Å²) < 4.78 is 72.1. The molecule has 0 aliphatic heterocycles. The van der Waals surface area contributed by atoms with E-state index in [9.17, 15) is 27.1 Å². The predicted molar refractivity (Wildman–Crippen MR) is 109 cm³/mol. The molecule has 0 unspecified atom stereocenters. The molecule has 10 heteroatoms. The zero-order valence-corrected chi connectivity index (χ0v) is 18.7. The van der Waals surface area contributed by atoms with Gasteiger partial charge in [0, 0.05) is 5.56 Å². The Morgan fingerprint density at radius 1 is 1.16 bits per heavy atom. The van der Waals surface area contributed by atoms with Crippen molar-refractivity contribution in [2.24, 2.45) is 5.41 Å². The summed E-state index contributed by atoms with van der Waals surface area (Å²) in [6.07, 6.45) is -4.44. The average Bonchev–Trinajstić information content (AvgIpc) is 2.87. The fraction of sp³-hybridized carbons (Fsp3) is 0.571. The van der Waals surface area contributed by atoms with Gasteiger partial charge in [0.2, 0.25) is 0 Å². The van der Waals surface area contributed by atoms with Gasteiger partial charge in [0.1, 0.15) is 5.75 Å². The van der Waals surface area contributed by atoms with Gasteiger partial charge in [-0.25, -0.2) is 0 Å². The van der Waals surface area contributed by atoms with Crippen LogP contribution in [0.1, 0.15) is 45.9 Å². The lowest BCUT2D eigenvalue weighted by Gasteiger charge is -2.28. The molecule has 1 aromatic heterocycles. The number of halogens is 6. The largest absolute Gasteiger partial charge is 0.434 e. The first-order valence-electron chi connectivity index (χ1n) is 9.68. The number of benzene rings is 1. The number of nitrogens with zero attached hydrogens (tertiary/aromatic N) is 2. The molecular formula is C21H26ClF5N2O2. The first kappa shape index (κ1) is 25.4. The highest BCUT2D eigenvalue weighted by molar-refractivity contribution is 6.33. The third-order valence-corrected chi connectivity index (χ3v) is 5.16. The topological polar surface area (TPSA) is 47.3 Å². The second-order valence-electron chi connectivity index (χ2n) is 8.70. The van der Waals surface area contributed by atoms with E-state index in [0.29, 0.717) is 12.1 Å². The van der Waals surface area contributed by atoms with Gasteiger partial charge in [-0.2, -0.15) is 27.1 Å². The number of aryl methyl sites for hydroxylation is 1. The van der Waals surface area contributed by atoms with E-state index in [-0.39, 0.29) is 34.1 Å². The minimum Gasteiger partial charge on any atom is -0.434 e. The number of ether oxygens (including phenoxy) is 1. The molecule has 0 bridgehead atoms. The molecule has 31 heavy (non-hydrogen) atoms. The second kappa shape index (κ2) is 8.94. The fourth-order valence-electron chi connectivity index (χ4n) is 3.13. The summed E-state index contributed by atoms with van der Waals surface area (Å²) >= 11 is 6.45. The normalized spacial score (nSPS) is 13.2. The molecule has 2 aromatic rings. The number of hydrogen-bond donors (Lipinski definition) is 1. The summed E-state index contributed by atoms with van der Waals surface area (Å²) in [5, 5.41) is 14.8. The highest BCUT2D eigenvalue weighted by Crippen LogP contribution is 2.43. The van der Waals surface area contributed by atoms with Gasteiger partial charge in [-0.3, -0.25) is 4.68 Å². The predicted octanol–water partition coefficient (Wildman–Crippen LogP) is 6.27. The maximum Gasteiger partial charge on any atom is 0.394 e. The Bertz CT molecular complexity index is 918. The average molecular weight is 469 g/mol. The van der Waals surface area contributed by atoms with Crippen LogP contribution in [-0.4, -0.2) is 33.3 Å². The fourth-order valence-corrected chi connectivity index (χ4v) is 3.50. The molecule has 0 saturated heterocycles. The zero-order chi connectivity index (χ0) is 23.8. The molecule has 1 aromatic carbocycles. The third-order valence-electron chi connectivity index (χ3n) is 4.76. The lowest BCUT2D eigenvalue weighted by Crippen LogP contribution is -2.34. The minimum absolute atomic E-state index is 0.0129. The summed E-state index contributed by atoms with van der Waals surface area (Å²) in [7, 11) is 0. The van der Waals surface area contributed by atoms with Gasteiger partial charge < -0.3 is 9.84 Å². The van der Waals surface area contributed by atoms with Crippen LogP contribution in [0, 0.1) is 5.41 Å². The van der Waals surface area contributed by atoms with Crippen molar-refractivity contribution in [2.45, 2.75) is 72.4 Å². The van der Waals surface area contributed by atoms with E-state index < -0.39 is 30.2 Å². The van der Waals surface area contributed by atoms with Crippen molar-refractivity contribution < 1.29 is 31.8 Å². The van der Waals surface area contributed by atoms with Gasteiger partial charge in [-0.15, -0.1) is 0 Å². The summed E-state index contributed by atoms with van der Waals surface area (Å²) in [6.45, 7) is 3.81. The van der Waals surface area contributed by atoms with Crippen molar-refractivity contribution in [3.8, 4) is 17.0 Å². The summed E-state index contributed by atoms with van der Waals surface area (Å²) in [5.41, 5.74) is -2.18. The molecule has 0 aliphatic rings. The molecule has 0 radical (unpaired) electrons. The molecule has 1 N–H and O–H groups in total. The van der Waals surface area contributed by atoms with Crippen molar-refractivity contribution >= 4 is 11.6 Å². The van der Waals surface area contributed by atoms with Crippen molar-refractivity contribution in [1.29, 1.82) is 0 Å². The van der Waals surface area contributed by atoms with E-state index in [2.05, 4.69) is 9.84 Å². The van der Waals surface area contributed by atoms with E-state index in [1.165, 1.54) is 22.9 Å². The van der Waals surface area contributed by atoms with Gasteiger partial charge in [-0.1, -0.05) is 38.4 Å². The SMILES string of the molecule is CCc1nn(CC(C)(C)O)c(-c2ccc(CC(C)(C)C(F)(F)F)cc2OC(F)F)c1Cl. The molecular weight excluding hydrogens is 443 g/mol. The summed E-state index contributed by atoms with van der Waals surface area (Å²) in [5.74, 6) is -0.313. The Hall–Kier alpha value is -1.87. The van der Waals surface area contributed by atoms with Crippen molar-refractivity contribution in [3.63, 3.8) is 0 Å². The molecule has 0 atom stereocenters. The lowest BCUT2D eigenvalue weighted by molar-refractivity contribution is -0.211. The van der Waals surface area contributed by atoms with Crippen molar-refractivity contribution in [2.75, 3.05) is 0 Å². The first-order chi connectivity index (χ1) is 14.1. The molecule has 0 amide bonds. The maximum atomic E-state index is 13.3. The molecule has 4 nitrogen and oxygen atoms in total. The van der Waals surface area contributed by atoms with E-state index >= 15 is 0 Å². The van der Waals surface area contributed by atoms with Gasteiger partial charge in [0.25, 0.3) is 0 Å². The third kappa shape index (κ3) is 6.10. The van der Waals surface area contributed by atoms with E-state index in [0.717, 1.165) is 13.8 Å². The van der Waals surface area contributed by atoms with Gasteiger partial charge in [-0.05, 0) is 44.4 Å². The Morgan fingerprint density at radius 3 is 2.26 bits per heavy atom. The van der Waals surface area contributed by atoms with Crippen LogP contribution in [-0.2, 0) is 19.4 Å². The van der Waals surface area contributed by atoms with Gasteiger partial charge in [0.05, 0.1) is 34.0 Å². The van der Waals surface area contributed by atoms with Gasteiger partial charge in [0.15, 0.2) is 0 Å². The molecule has 174 valence electrons. The van der Waals surface area contributed by atoms with Crippen LogP contribution in [0.3, 0.4) is 0 Å². The van der Waals surface area contributed by atoms with Crippen LogP contribution in [0.25, 0.3) is 11.3 Å². The smallest absolute Gasteiger partial charge is 0.394 e. The van der Waals surface area contributed by atoms with E-state index in [1.54, 1.807) is 13.8 Å². The number of aromatic nitrogens is 2. The minimum atomic E-state index is -4.47. The first-order valence-corrected chi connectivity index (χ1v) is 10.1. The zero-order valence-electron chi connectivity index (χ0n) is 17.9. The molecule has 2 rings (SSSR count). The highest BCUT2D eigenvalue weighted by Gasteiger charge is 2.47. The molecule has 0 saturated carbocycles. The summed E-state index contributed by atoms with van der Waals surface area (Å²) in [6, 6.07) is 3.98. The Labute approximate surface area is 183 Å². The van der Waals surface area contributed by atoms with Crippen LogP contribution in [0.15, 0.2) is 18.2 Å². The maximum absolute atomic E-state index is 13.3. The van der Waals surface area contributed by atoms with Crippen LogP contribution < -0.4 is 4.74 Å². The van der Waals surface area contributed by atoms with Gasteiger partial charge >= 0.3 is 12.8 Å².